The Morgan fingerprint density at radius 3 is 1.51 bits per heavy atom. The lowest BCUT2D eigenvalue weighted by Gasteiger charge is -2.39. The van der Waals surface area contributed by atoms with Gasteiger partial charge in [0.2, 0.25) is 0 Å². The van der Waals surface area contributed by atoms with Gasteiger partial charge in [0.05, 0.1) is 13.2 Å². The van der Waals surface area contributed by atoms with Gasteiger partial charge in [-0.2, -0.15) is 0 Å². The van der Waals surface area contributed by atoms with Crippen molar-refractivity contribution in [1.29, 1.82) is 0 Å². The number of aliphatic hydroxyl groups excluding tert-OH is 4. The van der Waals surface area contributed by atoms with Gasteiger partial charge in [0, 0.05) is 12.8 Å². The van der Waals surface area contributed by atoms with Crippen molar-refractivity contribution in [3.05, 3.63) is 0 Å². The van der Waals surface area contributed by atoms with Crippen LogP contribution in [0.3, 0.4) is 0 Å². The summed E-state index contributed by atoms with van der Waals surface area (Å²) < 4.78 is 22.0. The average molecular weight is 647 g/mol. The SMILES string of the molecule is CCCCCCCCCCCCCC(=O)O[C@H](COC(=O)CCCCCCCCCCC)CO[C@@H]1O[C@H](CO)[C@H](O)[C@H](O)[C@H]1O. The van der Waals surface area contributed by atoms with Gasteiger partial charge in [-0.15, -0.1) is 0 Å². The Morgan fingerprint density at radius 2 is 1.04 bits per heavy atom. The van der Waals surface area contributed by atoms with E-state index in [1.165, 1.54) is 83.5 Å². The third-order valence-corrected chi connectivity index (χ3v) is 8.49. The van der Waals surface area contributed by atoms with Gasteiger partial charge in [-0.1, -0.05) is 129 Å². The molecule has 266 valence electrons. The second-order valence-corrected chi connectivity index (χ2v) is 12.7. The van der Waals surface area contributed by atoms with Crippen LogP contribution >= 0.6 is 0 Å². The summed E-state index contributed by atoms with van der Waals surface area (Å²) in [5.74, 6) is -0.805. The Balaban J connectivity index is 2.43. The van der Waals surface area contributed by atoms with Gasteiger partial charge in [0.1, 0.15) is 31.0 Å². The van der Waals surface area contributed by atoms with Crippen molar-refractivity contribution >= 4 is 11.9 Å². The molecule has 0 saturated carbocycles. The topological polar surface area (TPSA) is 152 Å². The second kappa shape index (κ2) is 27.8. The van der Waals surface area contributed by atoms with Gasteiger partial charge in [-0.05, 0) is 12.8 Å². The number of hydrogen-bond donors (Lipinski definition) is 4. The van der Waals surface area contributed by atoms with E-state index in [0.29, 0.717) is 6.42 Å². The number of unbranched alkanes of at least 4 members (excludes halogenated alkanes) is 18. The summed E-state index contributed by atoms with van der Waals surface area (Å²) >= 11 is 0. The predicted octanol–water partition coefficient (Wildman–Crippen LogP) is 5.88. The lowest BCUT2D eigenvalue weighted by Crippen LogP contribution is -2.59. The molecule has 1 saturated heterocycles. The quantitative estimate of drug-likeness (QED) is 0.0573. The Hall–Kier alpha value is -1.30. The fourth-order valence-corrected chi connectivity index (χ4v) is 5.54. The first kappa shape index (κ1) is 41.7. The maximum Gasteiger partial charge on any atom is 0.306 e. The molecule has 6 atom stereocenters. The van der Waals surface area contributed by atoms with Gasteiger partial charge in [-0.25, -0.2) is 0 Å². The second-order valence-electron chi connectivity index (χ2n) is 12.7. The van der Waals surface area contributed by atoms with Crippen molar-refractivity contribution in [2.75, 3.05) is 19.8 Å². The van der Waals surface area contributed by atoms with E-state index >= 15 is 0 Å². The summed E-state index contributed by atoms with van der Waals surface area (Å²) in [6, 6.07) is 0. The van der Waals surface area contributed by atoms with Gasteiger partial charge >= 0.3 is 11.9 Å². The Bertz CT molecular complexity index is 719. The monoisotopic (exact) mass is 646 g/mol. The van der Waals surface area contributed by atoms with Gasteiger partial charge < -0.3 is 39.4 Å². The van der Waals surface area contributed by atoms with Crippen LogP contribution in [0.4, 0.5) is 0 Å². The van der Waals surface area contributed by atoms with Gasteiger partial charge in [-0.3, -0.25) is 9.59 Å². The Kier molecular flexibility index (Phi) is 25.8. The highest BCUT2D eigenvalue weighted by molar-refractivity contribution is 5.70. The van der Waals surface area contributed by atoms with Gasteiger partial charge in [0.15, 0.2) is 12.4 Å². The molecule has 0 aliphatic carbocycles. The van der Waals surface area contributed by atoms with Crippen molar-refractivity contribution in [1.82, 2.24) is 0 Å². The number of carbonyl (C=O) groups is 2. The molecule has 0 aromatic rings. The number of esters is 2. The molecule has 0 spiro atoms. The molecule has 10 heteroatoms. The maximum atomic E-state index is 12.6. The molecule has 1 fully saturated rings. The number of hydrogen-bond acceptors (Lipinski definition) is 10. The summed E-state index contributed by atoms with van der Waals surface area (Å²) in [4.78, 5) is 25.0. The zero-order valence-electron chi connectivity index (χ0n) is 28.4. The normalized spacial score (nSPS) is 22.3. The number of rotatable bonds is 29. The van der Waals surface area contributed by atoms with Crippen LogP contribution in [0.15, 0.2) is 0 Å². The first-order valence-corrected chi connectivity index (χ1v) is 18.1. The molecule has 1 rings (SSSR count). The molecular weight excluding hydrogens is 580 g/mol. The summed E-state index contributed by atoms with van der Waals surface area (Å²) in [6.45, 7) is 3.37. The molecule has 1 aliphatic rings. The van der Waals surface area contributed by atoms with Crippen molar-refractivity contribution in [3.63, 3.8) is 0 Å². The highest BCUT2D eigenvalue weighted by Gasteiger charge is 2.44. The van der Waals surface area contributed by atoms with Crippen LogP contribution in [-0.4, -0.2) is 89.0 Å². The molecule has 0 bridgehead atoms. The molecule has 0 aromatic carbocycles. The molecule has 0 radical (unpaired) electrons. The van der Waals surface area contributed by atoms with Crippen molar-refractivity contribution in [3.8, 4) is 0 Å². The standard InChI is InChI=1S/C35H66O10/c1-3-5-7-9-11-13-14-16-18-20-22-24-31(38)44-28(27-43-35-34(41)33(40)32(39)29(25-36)45-35)26-42-30(37)23-21-19-17-15-12-10-8-6-4-2/h28-29,32-36,39-41H,3-27H2,1-2H3/t28-,29-,32+,33+,34-,35-/m1/s1. The zero-order valence-corrected chi connectivity index (χ0v) is 28.4. The number of carbonyl (C=O) groups excluding carboxylic acids is 2. The minimum Gasteiger partial charge on any atom is -0.462 e. The minimum absolute atomic E-state index is 0.211. The van der Waals surface area contributed by atoms with E-state index in [9.17, 15) is 30.0 Å². The molecule has 4 N–H and O–H groups in total. The third kappa shape index (κ3) is 20.5. The summed E-state index contributed by atoms with van der Waals surface area (Å²) in [6.07, 6.45) is 15.5. The molecule has 0 aromatic heterocycles. The van der Waals surface area contributed by atoms with E-state index in [2.05, 4.69) is 13.8 Å². The zero-order chi connectivity index (χ0) is 33.1. The Morgan fingerprint density at radius 1 is 0.600 bits per heavy atom. The smallest absolute Gasteiger partial charge is 0.306 e. The summed E-state index contributed by atoms with van der Waals surface area (Å²) in [7, 11) is 0. The van der Waals surface area contributed by atoms with E-state index in [4.69, 9.17) is 18.9 Å². The van der Waals surface area contributed by atoms with Crippen molar-refractivity contribution in [2.24, 2.45) is 0 Å². The largest absolute Gasteiger partial charge is 0.462 e. The fraction of sp³-hybridized carbons (Fsp3) is 0.943. The lowest BCUT2D eigenvalue weighted by atomic mass is 9.99. The predicted molar refractivity (Wildman–Crippen MR) is 173 cm³/mol. The number of aliphatic hydroxyl groups is 4. The van der Waals surface area contributed by atoms with E-state index < -0.39 is 49.4 Å². The van der Waals surface area contributed by atoms with Crippen LogP contribution in [0, 0.1) is 0 Å². The minimum atomic E-state index is -1.59. The highest BCUT2D eigenvalue weighted by atomic mass is 16.7. The van der Waals surface area contributed by atoms with Crippen LogP contribution in [0.25, 0.3) is 0 Å². The molecular formula is C35H66O10. The fourth-order valence-electron chi connectivity index (χ4n) is 5.54. The first-order valence-electron chi connectivity index (χ1n) is 18.1. The van der Waals surface area contributed by atoms with Crippen LogP contribution in [0.5, 0.6) is 0 Å². The highest BCUT2D eigenvalue weighted by Crippen LogP contribution is 2.22. The van der Waals surface area contributed by atoms with Crippen LogP contribution in [-0.2, 0) is 28.5 Å². The van der Waals surface area contributed by atoms with E-state index in [1.807, 2.05) is 0 Å². The van der Waals surface area contributed by atoms with E-state index in [1.54, 1.807) is 0 Å². The van der Waals surface area contributed by atoms with Crippen molar-refractivity contribution < 1.29 is 49.0 Å². The molecule has 1 aliphatic heterocycles. The molecule has 0 amide bonds. The summed E-state index contributed by atoms with van der Waals surface area (Å²) in [5, 5.41) is 39.8. The maximum absolute atomic E-state index is 12.6. The summed E-state index contributed by atoms with van der Waals surface area (Å²) in [5.41, 5.74) is 0. The lowest BCUT2D eigenvalue weighted by molar-refractivity contribution is -0.305. The third-order valence-electron chi connectivity index (χ3n) is 8.49. The first-order chi connectivity index (χ1) is 21.8. The Labute approximate surface area is 272 Å². The molecule has 0 unspecified atom stereocenters. The van der Waals surface area contributed by atoms with Crippen LogP contribution < -0.4 is 0 Å². The van der Waals surface area contributed by atoms with E-state index in [-0.39, 0.29) is 32.0 Å². The van der Waals surface area contributed by atoms with Crippen molar-refractivity contribution in [2.45, 2.75) is 192 Å². The van der Waals surface area contributed by atoms with Crippen LogP contribution in [0.1, 0.15) is 155 Å². The van der Waals surface area contributed by atoms with Crippen LogP contribution in [0.2, 0.25) is 0 Å². The molecule has 1 heterocycles. The molecule has 10 nitrogen and oxygen atoms in total. The van der Waals surface area contributed by atoms with Gasteiger partial charge in [0.25, 0.3) is 0 Å². The molecule has 45 heavy (non-hydrogen) atoms. The average Bonchev–Trinajstić information content (AvgIpc) is 3.03. The number of ether oxygens (including phenoxy) is 4. The van der Waals surface area contributed by atoms with E-state index in [0.717, 1.165) is 38.5 Å².